The van der Waals surface area contributed by atoms with Crippen molar-refractivity contribution in [2.45, 2.75) is 46.0 Å². The van der Waals surface area contributed by atoms with Crippen molar-refractivity contribution in [2.75, 3.05) is 18.5 Å². The molecule has 158 valence electrons. The first kappa shape index (κ1) is 27.3. The van der Waals surface area contributed by atoms with Crippen LogP contribution in [0.4, 0.5) is 0 Å². The molecule has 0 atom stereocenters. The third-order valence-electron chi connectivity index (χ3n) is 3.04. The van der Waals surface area contributed by atoms with Crippen molar-refractivity contribution in [3.8, 4) is 0 Å². The molecule has 0 spiro atoms. The summed E-state index contributed by atoms with van der Waals surface area (Å²) >= 11 is 9.90. The molecular formula is C20H28Br2O4S2. The lowest BCUT2D eigenvalue weighted by molar-refractivity contribution is -0.144. The summed E-state index contributed by atoms with van der Waals surface area (Å²) in [7, 11) is 0. The van der Waals surface area contributed by atoms with Gasteiger partial charge in [-0.15, -0.1) is 0 Å². The van der Waals surface area contributed by atoms with E-state index in [0.29, 0.717) is 26.1 Å². The minimum atomic E-state index is -0.100. The maximum atomic E-state index is 11.0. The van der Waals surface area contributed by atoms with Gasteiger partial charge in [-0.2, -0.15) is 22.7 Å². The lowest BCUT2D eigenvalue weighted by atomic mass is 10.1. The monoisotopic (exact) mass is 554 g/mol. The Hall–Kier alpha value is -0.700. The van der Waals surface area contributed by atoms with E-state index in [9.17, 15) is 9.59 Å². The minimum absolute atomic E-state index is 0.0854. The Morgan fingerprint density at radius 1 is 0.929 bits per heavy atom. The molecule has 0 radical (unpaired) electrons. The molecule has 8 heteroatoms. The highest BCUT2D eigenvalue weighted by molar-refractivity contribution is 9.10. The number of carbonyl (C=O) groups is 2. The van der Waals surface area contributed by atoms with E-state index in [1.54, 1.807) is 22.7 Å². The normalized spacial score (nSPS) is 9.43. The van der Waals surface area contributed by atoms with Gasteiger partial charge < -0.3 is 9.47 Å². The van der Waals surface area contributed by atoms with E-state index in [4.69, 9.17) is 4.74 Å². The molecule has 0 aliphatic carbocycles. The van der Waals surface area contributed by atoms with E-state index in [2.05, 4.69) is 53.4 Å². The smallest absolute Gasteiger partial charge is 0.305 e. The molecule has 2 aromatic heterocycles. The van der Waals surface area contributed by atoms with Gasteiger partial charge in [-0.3, -0.25) is 9.59 Å². The number of aryl methyl sites for hydroxylation is 1. The molecule has 0 unspecified atom stereocenters. The van der Waals surface area contributed by atoms with Gasteiger partial charge in [0.25, 0.3) is 0 Å². The molecule has 2 heterocycles. The van der Waals surface area contributed by atoms with Crippen molar-refractivity contribution in [1.29, 1.82) is 0 Å². The third kappa shape index (κ3) is 17.4. The van der Waals surface area contributed by atoms with Crippen LogP contribution >= 0.6 is 54.5 Å². The van der Waals surface area contributed by atoms with Crippen molar-refractivity contribution in [1.82, 2.24) is 0 Å². The molecule has 0 amide bonds. The summed E-state index contributed by atoms with van der Waals surface area (Å²) in [5.74, 6) is -0.185. The predicted octanol–water partition coefficient (Wildman–Crippen LogP) is 6.87. The van der Waals surface area contributed by atoms with Crippen LogP contribution in [0.3, 0.4) is 0 Å². The molecular weight excluding hydrogens is 528 g/mol. The van der Waals surface area contributed by atoms with E-state index in [0.717, 1.165) is 24.6 Å². The average Bonchev–Trinajstić information content (AvgIpc) is 3.35. The summed E-state index contributed by atoms with van der Waals surface area (Å²) < 4.78 is 10.7. The fraction of sp³-hybridized carbons (Fsp3) is 0.500. The second-order valence-corrected chi connectivity index (χ2v) is 8.60. The van der Waals surface area contributed by atoms with E-state index < -0.39 is 0 Å². The number of alkyl halides is 1. The first-order valence-electron chi connectivity index (χ1n) is 9.09. The summed E-state index contributed by atoms with van der Waals surface area (Å²) in [5.41, 5.74) is 1.31. The van der Waals surface area contributed by atoms with Crippen LogP contribution in [0.2, 0.25) is 0 Å². The number of thiophene rings is 2. The molecule has 2 rings (SSSR count). The zero-order valence-corrected chi connectivity index (χ0v) is 21.1. The number of hydrogen-bond donors (Lipinski definition) is 0. The fourth-order valence-electron chi connectivity index (χ4n) is 1.80. The van der Waals surface area contributed by atoms with Crippen LogP contribution in [-0.4, -0.2) is 30.5 Å². The fourth-order valence-corrected chi connectivity index (χ4v) is 3.92. The van der Waals surface area contributed by atoms with Gasteiger partial charge in [-0.1, -0.05) is 15.9 Å². The quantitative estimate of drug-likeness (QED) is 0.250. The Morgan fingerprint density at radius 3 is 1.89 bits per heavy atom. The summed E-state index contributed by atoms with van der Waals surface area (Å²) in [4.78, 5) is 21.5. The lowest BCUT2D eigenvalue weighted by Crippen LogP contribution is -2.03. The number of carbonyl (C=O) groups excluding carboxylic acids is 2. The van der Waals surface area contributed by atoms with Crippen LogP contribution in [0.1, 0.15) is 45.1 Å². The largest absolute Gasteiger partial charge is 0.466 e. The Kier molecular flexibility index (Phi) is 19.1. The molecule has 4 nitrogen and oxygen atoms in total. The molecule has 0 bridgehead atoms. The van der Waals surface area contributed by atoms with Crippen LogP contribution in [0.25, 0.3) is 0 Å². The minimum Gasteiger partial charge on any atom is -0.466 e. The molecule has 0 aliphatic heterocycles. The molecule has 0 N–H and O–H groups in total. The van der Waals surface area contributed by atoms with Gasteiger partial charge in [-0.25, -0.2) is 0 Å². The molecule has 0 aliphatic rings. The lowest BCUT2D eigenvalue weighted by Gasteiger charge is -2.00. The van der Waals surface area contributed by atoms with Gasteiger partial charge in [0.05, 0.1) is 13.2 Å². The highest BCUT2D eigenvalue weighted by Crippen LogP contribution is 2.11. The van der Waals surface area contributed by atoms with Crippen LogP contribution in [0, 0.1) is 0 Å². The topological polar surface area (TPSA) is 52.6 Å². The van der Waals surface area contributed by atoms with Crippen molar-refractivity contribution in [2.24, 2.45) is 0 Å². The zero-order valence-electron chi connectivity index (χ0n) is 16.3. The van der Waals surface area contributed by atoms with Crippen LogP contribution < -0.4 is 0 Å². The Morgan fingerprint density at radius 2 is 1.50 bits per heavy atom. The third-order valence-corrected chi connectivity index (χ3v) is 5.81. The van der Waals surface area contributed by atoms with E-state index in [-0.39, 0.29) is 11.9 Å². The number of ether oxygens (including phenoxy) is 2. The van der Waals surface area contributed by atoms with Crippen LogP contribution in [0.5, 0.6) is 0 Å². The van der Waals surface area contributed by atoms with E-state index >= 15 is 0 Å². The van der Waals surface area contributed by atoms with Crippen molar-refractivity contribution >= 4 is 66.5 Å². The van der Waals surface area contributed by atoms with Gasteiger partial charge in [0.1, 0.15) is 0 Å². The highest BCUT2D eigenvalue weighted by atomic mass is 79.9. The number of hydrogen-bond acceptors (Lipinski definition) is 6. The molecule has 28 heavy (non-hydrogen) atoms. The maximum absolute atomic E-state index is 11.0. The summed E-state index contributed by atoms with van der Waals surface area (Å²) in [5, 5.41) is 9.11. The number of esters is 2. The van der Waals surface area contributed by atoms with Crippen molar-refractivity contribution in [3.05, 3.63) is 43.7 Å². The standard InChI is InChI=1S/C10H14O2S.C6H11BrO2.C4H3BrS/c1-2-12-10(11)5-3-4-9-6-7-13-8-9;1-2-9-6(8)4-3-5-7;5-4-1-2-6-3-4/h6-8H,2-5H2,1H3;2-5H2,1H3;1-3H. The SMILES string of the molecule is Brc1ccsc1.CCOC(=O)CCCBr.CCOC(=O)CCCc1ccsc1. The molecule has 0 saturated carbocycles. The zero-order chi connectivity index (χ0) is 21.0. The van der Waals surface area contributed by atoms with Gasteiger partial charge in [-0.05, 0) is 82.9 Å². The number of rotatable bonds is 9. The first-order chi connectivity index (χ1) is 13.5. The Bertz CT molecular complexity index is 602. The summed E-state index contributed by atoms with van der Waals surface area (Å²) in [6.45, 7) is 4.61. The summed E-state index contributed by atoms with van der Waals surface area (Å²) in [6, 6.07) is 4.11. The maximum Gasteiger partial charge on any atom is 0.305 e. The second-order valence-electron chi connectivity index (χ2n) is 5.33. The average molecular weight is 556 g/mol. The van der Waals surface area contributed by atoms with E-state index in [1.807, 2.05) is 30.7 Å². The molecule has 0 saturated heterocycles. The van der Waals surface area contributed by atoms with E-state index in [1.165, 1.54) is 10.0 Å². The van der Waals surface area contributed by atoms with Gasteiger partial charge in [0.15, 0.2) is 0 Å². The second kappa shape index (κ2) is 19.6. The predicted molar refractivity (Wildman–Crippen MR) is 126 cm³/mol. The molecule has 2 aromatic rings. The highest BCUT2D eigenvalue weighted by Gasteiger charge is 2.01. The van der Waals surface area contributed by atoms with Crippen LogP contribution in [-0.2, 0) is 25.5 Å². The van der Waals surface area contributed by atoms with Gasteiger partial charge in [0, 0.05) is 28.0 Å². The Balaban J connectivity index is 0.000000421. The molecule has 0 aromatic carbocycles. The van der Waals surface area contributed by atoms with Crippen molar-refractivity contribution < 1.29 is 19.1 Å². The first-order valence-corrected chi connectivity index (χ1v) is 12.9. The van der Waals surface area contributed by atoms with Gasteiger partial charge >= 0.3 is 11.9 Å². The molecule has 0 fully saturated rings. The number of halogens is 2. The van der Waals surface area contributed by atoms with Crippen molar-refractivity contribution in [3.63, 3.8) is 0 Å². The van der Waals surface area contributed by atoms with Gasteiger partial charge in [0.2, 0.25) is 0 Å². The van der Waals surface area contributed by atoms with Crippen LogP contribution in [0.15, 0.2) is 38.1 Å². The summed E-state index contributed by atoms with van der Waals surface area (Å²) in [6.07, 6.45) is 3.78. The Labute approximate surface area is 192 Å².